The minimum Gasteiger partial charge on any atom is -0.444 e. The fourth-order valence-electron chi connectivity index (χ4n) is 5.36. The molecule has 2 heterocycles. The van der Waals surface area contributed by atoms with E-state index in [0.29, 0.717) is 12.1 Å². The molecule has 1 aliphatic carbocycles. The van der Waals surface area contributed by atoms with E-state index in [1.165, 1.54) is 6.20 Å². The van der Waals surface area contributed by atoms with Crippen LogP contribution in [0.25, 0.3) is 11.3 Å². The zero-order chi connectivity index (χ0) is 31.5. The van der Waals surface area contributed by atoms with Crippen LogP contribution in [0.2, 0.25) is 0 Å². The molecule has 2 aromatic heterocycles. The number of ether oxygens (including phenoxy) is 1. The van der Waals surface area contributed by atoms with Crippen molar-refractivity contribution in [3.05, 3.63) is 77.0 Å². The molecular formula is C31H35F3N4O5. The number of benzene rings is 1. The Morgan fingerprint density at radius 1 is 1.07 bits per heavy atom. The topological polar surface area (TPSA) is 134 Å². The lowest BCUT2D eigenvalue weighted by Gasteiger charge is -2.35. The van der Waals surface area contributed by atoms with Gasteiger partial charge in [-0.1, -0.05) is 6.92 Å². The van der Waals surface area contributed by atoms with Crippen molar-refractivity contribution in [1.82, 2.24) is 15.3 Å². The number of halogens is 3. The second-order valence-electron chi connectivity index (χ2n) is 11.9. The maximum Gasteiger partial charge on any atom is 0.407 e. The van der Waals surface area contributed by atoms with Crippen LogP contribution in [0.1, 0.15) is 80.6 Å². The normalized spacial score (nSPS) is 19.4. The molecule has 0 bridgehead atoms. The fraction of sp³-hybridized carbons (Fsp3) is 0.419. The summed E-state index contributed by atoms with van der Waals surface area (Å²) in [5.41, 5.74) is -1.55. The lowest BCUT2D eigenvalue weighted by atomic mass is 9.76. The lowest BCUT2D eigenvalue weighted by Crippen LogP contribution is -2.42. The number of amides is 2. The summed E-state index contributed by atoms with van der Waals surface area (Å²) in [6, 6.07) is 5.13. The van der Waals surface area contributed by atoms with Crippen molar-refractivity contribution in [2.45, 2.75) is 70.6 Å². The van der Waals surface area contributed by atoms with Gasteiger partial charge in [-0.2, -0.15) is 0 Å². The number of hydrogen-bond donors (Lipinski definition) is 4. The van der Waals surface area contributed by atoms with Crippen LogP contribution in [0.4, 0.5) is 23.7 Å². The Balaban J connectivity index is 1.57. The van der Waals surface area contributed by atoms with Gasteiger partial charge in [0, 0.05) is 12.2 Å². The number of pyridine rings is 2. The predicted molar refractivity (Wildman–Crippen MR) is 153 cm³/mol. The third-order valence-electron chi connectivity index (χ3n) is 7.14. The van der Waals surface area contributed by atoms with Crippen LogP contribution in [-0.4, -0.2) is 50.4 Å². The minimum absolute atomic E-state index is 0.0466. The number of hydrogen-bond acceptors (Lipinski definition) is 7. The predicted octanol–water partition coefficient (Wildman–Crippen LogP) is 5.64. The highest BCUT2D eigenvalue weighted by atomic mass is 19.1. The van der Waals surface area contributed by atoms with Gasteiger partial charge in [-0.3, -0.25) is 9.78 Å². The Labute approximate surface area is 247 Å². The average molecular weight is 601 g/mol. The fourth-order valence-corrected chi connectivity index (χ4v) is 5.36. The molecule has 1 aliphatic rings. The average Bonchev–Trinajstić information content (AvgIpc) is 2.92. The molecule has 1 aromatic carbocycles. The van der Waals surface area contributed by atoms with Crippen LogP contribution in [0, 0.1) is 23.4 Å². The van der Waals surface area contributed by atoms with E-state index in [1.807, 2.05) is 0 Å². The van der Waals surface area contributed by atoms with Gasteiger partial charge in [-0.05, 0) is 93.3 Å². The summed E-state index contributed by atoms with van der Waals surface area (Å²) in [5, 5.41) is 24.5. The van der Waals surface area contributed by atoms with Crippen molar-refractivity contribution in [2.24, 2.45) is 5.92 Å². The van der Waals surface area contributed by atoms with E-state index in [9.17, 15) is 27.9 Å². The molecule has 1 saturated carbocycles. The van der Waals surface area contributed by atoms with Crippen molar-refractivity contribution >= 4 is 17.7 Å². The molecule has 9 nitrogen and oxygen atoms in total. The van der Waals surface area contributed by atoms with Gasteiger partial charge in [0.15, 0.2) is 0 Å². The zero-order valence-electron chi connectivity index (χ0n) is 24.3. The molecule has 43 heavy (non-hydrogen) atoms. The van der Waals surface area contributed by atoms with Crippen molar-refractivity contribution in [2.75, 3.05) is 11.9 Å². The molecule has 3 aromatic rings. The van der Waals surface area contributed by atoms with Crippen molar-refractivity contribution in [3.8, 4) is 11.3 Å². The Morgan fingerprint density at radius 2 is 1.77 bits per heavy atom. The third kappa shape index (κ3) is 7.88. The number of anilines is 1. The van der Waals surface area contributed by atoms with Crippen LogP contribution in [-0.2, 0) is 4.74 Å². The van der Waals surface area contributed by atoms with Gasteiger partial charge in [-0.15, -0.1) is 0 Å². The first kappa shape index (κ1) is 31.9. The van der Waals surface area contributed by atoms with Gasteiger partial charge in [0.05, 0.1) is 24.1 Å². The number of nitrogens with one attached hydrogen (secondary N) is 2. The highest BCUT2D eigenvalue weighted by Gasteiger charge is 2.31. The molecule has 2 amide bonds. The standard InChI is InChI=1S/C31H35F3N4O5/c1-16-9-17(11-19(10-16)36-30(42)43-31(2,3)4)20-7-8-35-14-25(20)38-29(41)24-6-5-21(32)28(37-24)27-22(33)12-18(13-23(27)34)26(40)15-39/h5-8,12-14,16-17,19,26,39-40H,9-11,15H2,1-4H3,(H,36,42)(H,38,41). The first-order valence-electron chi connectivity index (χ1n) is 13.9. The van der Waals surface area contributed by atoms with Crippen LogP contribution >= 0.6 is 0 Å². The van der Waals surface area contributed by atoms with Gasteiger partial charge in [0.2, 0.25) is 0 Å². The van der Waals surface area contributed by atoms with E-state index in [4.69, 9.17) is 9.84 Å². The molecule has 0 radical (unpaired) electrons. The van der Waals surface area contributed by atoms with Crippen LogP contribution in [0.5, 0.6) is 0 Å². The van der Waals surface area contributed by atoms with Gasteiger partial charge in [-0.25, -0.2) is 22.9 Å². The van der Waals surface area contributed by atoms with Crippen molar-refractivity contribution < 1.29 is 37.7 Å². The van der Waals surface area contributed by atoms with Crippen LogP contribution in [0.3, 0.4) is 0 Å². The molecule has 230 valence electrons. The Kier molecular flexibility index (Phi) is 9.71. The number of alkyl carbamates (subject to hydrolysis) is 1. The Hall–Kier alpha value is -4.03. The van der Waals surface area contributed by atoms with E-state index in [1.54, 1.807) is 33.0 Å². The summed E-state index contributed by atoms with van der Waals surface area (Å²) < 4.78 is 49.8. The Bertz CT molecular complexity index is 1470. The number of nitrogens with zero attached hydrogens (tertiary/aromatic N) is 2. The SMILES string of the molecule is CC1CC(NC(=O)OC(C)(C)C)CC(c2ccncc2NC(=O)c2ccc(F)c(-c3c(F)cc(C(O)CO)cc3F)n2)C1. The maximum absolute atomic E-state index is 14.9. The van der Waals surface area contributed by atoms with Gasteiger partial charge >= 0.3 is 6.09 Å². The quantitative estimate of drug-likeness (QED) is 0.276. The molecule has 0 aliphatic heterocycles. The number of aliphatic hydroxyl groups is 2. The molecule has 4 rings (SSSR count). The van der Waals surface area contributed by atoms with Gasteiger partial charge in [0.1, 0.15) is 40.5 Å². The molecule has 0 saturated heterocycles. The molecular weight excluding hydrogens is 565 g/mol. The number of rotatable bonds is 7. The highest BCUT2D eigenvalue weighted by Crippen LogP contribution is 2.39. The third-order valence-corrected chi connectivity index (χ3v) is 7.14. The number of carbonyl (C=O) groups is 2. The van der Waals surface area contributed by atoms with Crippen molar-refractivity contribution in [1.29, 1.82) is 0 Å². The van der Waals surface area contributed by atoms with Gasteiger partial charge < -0.3 is 25.6 Å². The van der Waals surface area contributed by atoms with E-state index in [0.717, 1.165) is 42.7 Å². The monoisotopic (exact) mass is 600 g/mol. The summed E-state index contributed by atoms with van der Waals surface area (Å²) in [5.74, 6) is -4.05. The first-order chi connectivity index (χ1) is 20.3. The van der Waals surface area contributed by atoms with Crippen LogP contribution < -0.4 is 10.6 Å². The number of aromatic nitrogens is 2. The molecule has 4 atom stereocenters. The summed E-state index contributed by atoms with van der Waals surface area (Å²) in [4.78, 5) is 33.7. The van der Waals surface area contributed by atoms with Gasteiger partial charge in [0.25, 0.3) is 5.91 Å². The summed E-state index contributed by atoms with van der Waals surface area (Å²) in [6.45, 7) is 6.68. The lowest BCUT2D eigenvalue weighted by molar-refractivity contribution is 0.0482. The number of carbonyl (C=O) groups excluding carboxylic acids is 2. The van der Waals surface area contributed by atoms with Crippen LogP contribution in [0.15, 0.2) is 42.7 Å². The van der Waals surface area contributed by atoms with Crippen molar-refractivity contribution in [3.63, 3.8) is 0 Å². The maximum atomic E-state index is 14.9. The molecule has 1 fully saturated rings. The smallest absolute Gasteiger partial charge is 0.407 e. The Morgan fingerprint density at radius 3 is 2.42 bits per heavy atom. The van der Waals surface area contributed by atoms with E-state index in [2.05, 4.69) is 27.5 Å². The zero-order valence-corrected chi connectivity index (χ0v) is 24.3. The first-order valence-corrected chi connectivity index (χ1v) is 13.9. The largest absolute Gasteiger partial charge is 0.444 e. The van der Waals surface area contributed by atoms with E-state index < -0.39 is 59.0 Å². The second kappa shape index (κ2) is 13.1. The second-order valence-corrected chi connectivity index (χ2v) is 11.9. The summed E-state index contributed by atoms with van der Waals surface area (Å²) in [6.07, 6.45) is 3.18. The molecule has 0 spiro atoms. The summed E-state index contributed by atoms with van der Waals surface area (Å²) >= 11 is 0. The minimum atomic E-state index is -1.53. The molecule has 4 unspecified atom stereocenters. The molecule has 4 N–H and O–H groups in total. The van der Waals surface area contributed by atoms with E-state index >= 15 is 0 Å². The van der Waals surface area contributed by atoms with E-state index in [-0.39, 0.29) is 29.1 Å². The summed E-state index contributed by atoms with van der Waals surface area (Å²) in [7, 11) is 0. The highest BCUT2D eigenvalue weighted by molar-refractivity contribution is 6.03. The molecule has 12 heteroatoms. The number of aliphatic hydroxyl groups excluding tert-OH is 2.